The quantitative estimate of drug-likeness (QED) is 0.459. The molecule has 8 nitrogen and oxygen atoms in total. The van der Waals surface area contributed by atoms with Gasteiger partial charge in [0, 0.05) is 18.0 Å². The van der Waals surface area contributed by atoms with Crippen molar-refractivity contribution < 1.29 is 28.6 Å². The first-order valence-electron chi connectivity index (χ1n) is 10.6. The van der Waals surface area contributed by atoms with E-state index in [1.165, 1.54) is 0 Å². The molecule has 2 N–H and O–H groups in total. The number of ether oxygens (including phenoxy) is 3. The summed E-state index contributed by atoms with van der Waals surface area (Å²) in [7, 11) is 3.11. The number of carbonyl (C=O) groups excluding carboxylic acids is 3. The van der Waals surface area contributed by atoms with Crippen LogP contribution in [0.1, 0.15) is 36.5 Å². The average molecular weight is 440 g/mol. The molecule has 0 unspecified atom stereocenters. The largest absolute Gasteiger partial charge is 0.493 e. The van der Waals surface area contributed by atoms with E-state index in [0.29, 0.717) is 36.4 Å². The molecule has 2 aromatic carbocycles. The van der Waals surface area contributed by atoms with Crippen LogP contribution in [-0.2, 0) is 14.3 Å². The molecule has 1 fully saturated rings. The zero-order valence-electron chi connectivity index (χ0n) is 18.5. The lowest BCUT2D eigenvalue weighted by Crippen LogP contribution is -2.28. The van der Waals surface area contributed by atoms with E-state index in [-0.39, 0.29) is 24.1 Å². The third kappa shape index (κ3) is 5.38. The van der Waals surface area contributed by atoms with E-state index >= 15 is 0 Å². The number of amides is 2. The Labute approximate surface area is 186 Å². The molecule has 32 heavy (non-hydrogen) atoms. The summed E-state index contributed by atoms with van der Waals surface area (Å²) in [6.45, 7) is 2.56. The highest BCUT2D eigenvalue weighted by molar-refractivity contribution is 6.03. The Hall–Kier alpha value is -3.55. The first-order valence-corrected chi connectivity index (χ1v) is 10.6. The predicted molar refractivity (Wildman–Crippen MR) is 120 cm³/mol. The molecule has 1 atom stereocenters. The molecule has 0 aliphatic carbocycles. The zero-order chi connectivity index (χ0) is 23.1. The van der Waals surface area contributed by atoms with Gasteiger partial charge in [0.1, 0.15) is 5.70 Å². The first-order chi connectivity index (χ1) is 15.5. The van der Waals surface area contributed by atoms with Gasteiger partial charge in [-0.05, 0) is 61.2 Å². The summed E-state index contributed by atoms with van der Waals surface area (Å²) < 4.78 is 15.7. The molecule has 0 bridgehead atoms. The lowest BCUT2D eigenvalue weighted by atomic mass is 10.0. The average Bonchev–Trinajstić information content (AvgIpc) is 3.21. The number of carbonyl (C=O) groups is 3. The molecule has 2 amide bonds. The number of nitrogens with one attached hydrogen (secondary N) is 2. The van der Waals surface area contributed by atoms with Crippen molar-refractivity contribution in [2.45, 2.75) is 26.2 Å². The van der Waals surface area contributed by atoms with Crippen LogP contribution in [0, 0.1) is 5.92 Å². The Morgan fingerprint density at radius 3 is 2.47 bits per heavy atom. The van der Waals surface area contributed by atoms with Crippen LogP contribution < -0.4 is 20.1 Å². The number of esters is 1. The van der Waals surface area contributed by atoms with Gasteiger partial charge in [-0.15, -0.1) is 0 Å². The summed E-state index contributed by atoms with van der Waals surface area (Å²) in [4.78, 5) is 37.0. The van der Waals surface area contributed by atoms with Crippen molar-refractivity contribution in [1.82, 2.24) is 10.6 Å². The number of rotatable bonds is 9. The Morgan fingerprint density at radius 2 is 1.84 bits per heavy atom. The molecule has 1 saturated heterocycles. The van der Waals surface area contributed by atoms with Crippen LogP contribution in [0.3, 0.4) is 0 Å². The number of fused-ring (bicyclic) bond motifs is 1. The number of hydrogen-bond acceptors (Lipinski definition) is 6. The fourth-order valence-corrected chi connectivity index (χ4v) is 3.65. The Kier molecular flexibility index (Phi) is 7.70. The maximum atomic E-state index is 12.9. The second kappa shape index (κ2) is 10.7. The standard InChI is InChI=1S/C24H28N2O6/c1-4-32-24(29)19(7-5-6-15-10-11-25-22(15)27)26-23(28)17-9-8-16-13-20(30-2)21(31-3)14-18(16)12-17/h7-9,12-15H,4-6,10-11H2,1-3H3,(H,25,27)(H,26,28)/t15-/m0/s1. The maximum Gasteiger partial charge on any atom is 0.354 e. The lowest BCUT2D eigenvalue weighted by molar-refractivity contribution is -0.138. The van der Waals surface area contributed by atoms with Gasteiger partial charge in [-0.25, -0.2) is 4.79 Å². The second-order valence-electron chi connectivity index (χ2n) is 7.42. The third-order valence-corrected chi connectivity index (χ3v) is 5.37. The minimum absolute atomic E-state index is 0.0309. The number of benzene rings is 2. The van der Waals surface area contributed by atoms with Gasteiger partial charge >= 0.3 is 5.97 Å². The Morgan fingerprint density at radius 1 is 1.12 bits per heavy atom. The van der Waals surface area contributed by atoms with E-state index in [1.54, 1.807) is 51.5 Å². The summed E-state index contributed by atoms with van der Waals surface area (Å²) in [6, 6.07) is 8.82. The van der Waals surface area contributed by atoms with Gasteiger partial charge in [0.05, 0.1) is 20.8 Å². The zero-order valence-corrected chi connectivity index (χ0v) is 18.5. The Balaban J connectivity index is 1.78. The van der Waals surface area contributed by atoms with E-state index in [9.17, 15) is 14.4 Å². The Bertz CT molecular complexity index is 1050. The highest BCUT2D eigenvalue weighted by atomic mass is 16.5. The van der Waals surface area contributed by atoms with Crippen LogP contribution in [0.2, 0.25) is 0 Å². The summed E-state index contributed by atoms with van der Waals surface area (Å²) in [5, 5.41) is 7.14. The topological polar surface area (TPSA) is 103 Å². The third-order valence-electron chi connectivity index (χ3n) is 5.37. The van der Waals surface area contributed by atoms with Crippen molar-refractivity contribution in [2.24, 2.45) is 5.92 Å². The van der Waals surface area contributed by atoms with Gasteiger partial charge in [0.15, 0.2) is 11.5 Å². The number of hydrogen-bond donors (Lipinski definition) is 2. The molecule has 0 saturated carbocycles. The molecule has 3 rings (SSSR count). The molecule has 2 aromatic rings. The first kappa shape index (κ1) is 23.1. The SMILES string of the molecule is CCOC(=O)C(=CCC[C@H]1CCNC1=O)NC(=O)c1ccc2cc(OC)c(OC)cc2c1. The molecular weight excluding hydrogens is 412 g/mol. The van der Waals surface area contributed by atoms with Gasteiger partial charge in [0.25, 0.3) is 5.91 Å². The number of methoxy groups -OCH3 is 2. The molecule has 1 heterocycles. The lowest BCUT2D eigenvalue weighted by Gasteiger charge is -2.12. The van der Waals surface area contributed by atoms with Gasteiger partial charge < -0.3 is 24.8 Å². The van der Waals surface area contributed by atoms with Crippen LogP contribution in [0.15, 0.2) is 42.1 Å². The summed E-state index contributed by atoms with van der Waals surface area (Å²) >= 11 is 0. The summed E-state index contributed by atoms with van der Waals surface area (Å²) in [6.07, 6.45) is 3.47. The number of allylic oxidation sites excluding steroid dienone is 1. The van der Waals surface area contributed by atoms with Crippen LogP contribution in [0.5, 0.6) is 11.5 Å². The van der Waals surface area contributed by atoms with Crippen molar-refractivity contribution >= 4 is 28.6 Å². The van der Waals surface area contributed by atoms with Crippen LogP contribution in [0.25, 0.3) is 10.8 Å². The van der Waals surface area contributed by atoms with Crippen LogP contribution in [-0.4, -0.2) is 45.2 Å². The minimum Gasteiger partial charge on any atom is -0.493 e. The van der Waals surface area contributed by atoms with Crippen molar-refractivity contribution in [3.8, 4) is 11.5 Å². The minimum atomic E-state index is -0.607. The van der Waals surface area contributed by atoms with Gasteiger partial charge in [-0.2, -0.15) is 0 Å². The van der Waals surface area contributed by atoms with Crippen molar-refractivity contribution in [3.05, 3.63) is 47.7 Å². The predicted octanol–water partition coefficient (Wildman–Crippen LogP) is 2.95. The normalized spacial score (nSPS) is 15.9. The summed E-state index contributed by atoms with van der Waals surface area (Å²) in [5.41, 5.74) is 0.456. The molecule has 0 radical (unpaired) electrons. The highest BCUT2D eigenvalue weighted by Gasteiger charge is 2.23. The van der Waals surface area contributed by atoms with E-state index in [4.69, 9.17) is 14.2 Å². The molecule has 0 spiro atoms. The van der Waals surface area contributed by atoms with E-state index < -0.39 is 11.9 Å². The molecule has 0 aromatic heterocycles. The molecule has 8 heteroatoms. The maximum absolute atomic E-state index is 12.9. The van der Waals surface area contributed by atoms with Crippen LogP contribution >= 0.6 is 0 Å². The van der Waals surface area contributed by atoms with E-state index in [0.717, 1.165) is 17.2 Å². The van der Waals surface area contributed by atoms with E-state index in [2.05, 4.69) is 10.6 Å². The van der Waals surface area contributed by atoms with Crippen LogP contribution in [0.4, 0.5) is 0 Å². The van der Waals surface area contributed by atoms with Crippen molar-refractivity contribution in [2.75, 3.05) is 27.4 Å². The molecule has 1 aliphatic heterocycles. The second-order valence-corrected chi connectivity index (χ2v) is 7.42. The van der Waals surface area contributed by atoms with Crippen molar-refractivity contribution in [3.63, 3.8) is 0 Å². The van der Waals surface area contributed by atoms with Gasteiger partial charge in [-0.3, -0.25) is 9.59 Å². The highest BCUT2D eigenvalue weighted by Crippen LogP contribution is 2.32. The smallest absolute Gasteiger partial charge is 0.354 e. The monoisotopic (exact) mass is 440 g/mol. The molecular formula is C24H28N2O6. The molecule has 170 valence electrons. The van der Waals surface area contributed by atoms with Gasteiger partial charge in [-0.1, -0.05) is 12.1 Å². The van der Waals surface area contributed by atoms with Gasteiger partial charge in [0.2, 0.25) is 5.91 Å². The molecule has 1 aliphatic rings. The van der Waals surface area contributed by atoms with Crippen molar-refractivity contribution in [1.29, 1.82) is 0 Å². The fraction of sp³-hybridized carbons (Fsp3) is 0.375. The van der Waals surface area contributed by atoms with E-state index in [1.807, 2.05) is 6.07 Å². The fourth-order valence-electron chi connectivity index (χ4n) is 3.65. The summed E-state index contributed by atoms with van der Waals surface area (Å²) in [5.74, 6) is 0.0750.